The molecule has 2 heterocycles. The molecule has 1 aliphatic rings. The van der Waals surface area contributed by atoms with Gasteiger partial charge in [0.2, 0.25) is 0 Å². The minimum Gasteiger partial charge on any atom is -0.490 e. The van der Waals surface area contributed by atoms with Gasteiger partial charge in [0.25, 0.3) is 0 Å². The second-order valence-electron chi connectivity index (χ2n) is 4.35. The molecule has 0 amide bonds. The minimum absolute atomic E-state index is 0.694. The van der Waals surface area contributed by atoms with E-state index < -0.39 is 0 Å². The van der Waals surface area contributed by atoms with Crippen LogP contribution in [-0.4, -0.2) is 11.2 Å². The second kappa shape index (κ2) is 4.21. The van der Waals surface area contributed by atoms with Crippen molar-refractivity contribution in [3.8, 4) is 5.75 Å². The Morgan fingerprint density at radius 2 is 2.33 bits per heavy atom. The molecule has 0 radical (unpaired) electrons. The summed E-state index contributed by atoms with van der Waals surface area (Å²) in [7, 11) is 0. The maximum Gasteiger partial charge on any atom is 0.143 e. The van der Waals surface area contributed by atoms with Crippen molar-refractivity contribution in [2.75, 3.05) is 6.61 Å². The molecule has 0 bridgehead atoms. The van der Waals surface area contributed by atoms with Crippen LogP contribution in [0.1, 0.15) is 12.5 Å². The van der Waals surface area contributed by atoms with E-state index >= 15 is 0 Å². The summed E-state index contributed by atoms with van der Waals surface area (Å²) in [4.78, 5) is 0. The van der Waals surface area contributed by atoms with Crippen molar-refractivity contribution in [3.63, 3.8) is 0 Å². The van der Waals surface area contributed by atoms with Crippen LogP contribution in [-0.2, 0) is 6.54 Å². The fourth-order valence-corrected chi connectivity index (χ4v) is 2.52. The summed E-state index contributed by atoms with van der Waals surface area (Å²) < 4.78 is 7.89. The molecule has 2 aromatic rings. The summed E-state index contributed by atoms with van der Waals surface area (Å²) >= 11 is 6.18. The molecule has 2 nitrogen and oxygen atoms in total. The molecule has 3 heteroatoms. The Morgan fingerprint density at radius 1 is 1.50 bits per heavy atom. The fourth-order valence-electron chi connectivity index (χ4n) is 2.42. The van der Waals surface area contributed by atoms with Crippen LogP contribution in [0.2, 0.25) is 0 Å². The van der Waals surface area contributed by atoms with Crippen LogP contribution < -0.4 is 4.74 Å². The smallest absolute Gasteiger partial charge is 0.143 e. The average Bonchev–Trinajstić information content (AvgIpc) is 2.79. The lowest BCUT2D eigenvalue weighted by Gasteiger charge is -2.16. The van der Waals surface area contributed by atoms with Crippen LogP contribution in [0, 0.1) is 0 Å². The van der Waals surface area contributed by atoms with E-state index in [1.807, 2.05) is 25.1 Å². The van der Waals surface area contributed by atoms with Gasteiger partial charge in [-0.1, -0.05) is 36.4 Å². The average molecular weight is 260 g/mol. The van der Waals surface area contributed by atoms with Gasteiger partial charge in [0, 0.05) is 22.2 Å². The lowest BCUT2D eigenvalue weighted by atomic mass is 10.1. The second-order valence-corrected chi connectivity index (χ2v) is 4.76. The Labute approximate surface area is 111 Å². The number of aromatic nitrogens is 1. The number of rotatable bonds is 2. The van der Waals surface area contributed by atoms with Gasteiger partial charge >= 0.3 is 0 Å². The predicted octanol–water partition coefficient (Wildman–Crippen LogP) is 4.19. The third-order valence-electron chi connectivity index (χ3n) is 3.32. The van der Waals surface area contributed by atoms with Crippen molar-refractivity contribution in [2.45, 2.75) is 13.5 Å². The molecule has 3 rings (SSSR count). The summed E-state index contributed by atoms with van der Waals surface area (Å²) in [6.45, 7) is 7.59. The molecule has 0 fully saturated rings. The molecule has 0 saturated heterocycles. The minimum atomic E-state index is 0.694. The maximum atomic E-state index is 6.18. The van der Waals surface area contributed by atoms with E-state index in [9.17, 15) is 0 Å². The summed E-state index contributed by atoms with van der Waals surface area (Å²) in [6.07, 6.45) is 3.98. The van der Waals surface area contributed by atoms with Crippen LogP contribution >= 0.6 is 11.6 Å². The number of halogens is 1. The first kappa shape index (κ1) is 11.4. The van der Waals surface area contributed by atoms with Gasteiger partial charge in [-0.15, -0.1) is 0 Å². The molecule has 0 saturated carbocycles. The lowest BCUT2D eigenvalue weighted by molar-refractivity contribution is 0.287. The Balaban J connectivity index is 2.27. The molecule has 18 heavy (non-hydrogen) atoms. The molecule has 1 aromatic carbocycles. The summed E-state index contributed by atoms with van der Waals surface area (Å²) in [5, 5.41) is 1.84. The Bertz CT molecular complexity index is 666. The molecule has 0 N–H and O–H groups in total. The topological polar surface area (TPSA) is 14.2 Å². The van der Waals surface area contributed by atoms with Gasteiger partial charge in [0.05, 0.1) is 12.1 Å². The highest BCUT2D eigenvalue weighted by molar-refractivity contribution is 6.37. The van der Waals surface area contributed by atoms with E-state index in [0.29, 0.717) is 11.6 Å². The molecule has 0 atom stereocenters. The van der Waals surface area contributed by atoms with Crippen LogP contribution in [0.5, 0.6) is 5.75 Å². The van der Waals surface area contributed by atoms with E-state index in [4.69, 9.17) is 16.3 Å². The van der Waals surface area contributed by atoms with E-state index in [0.717, 1.165) is 34.3 Å². The van der Waals surface area contributed by atoms with Gasteiger partial charge in [0.1, 0.15) is 12.4 Å². The maximum absolute atomic E-state index is 6.18. The van der Waals surface area contributed by atoms with Gasteiger partial charge in [-0.05, 0) is 18.6 Å². The van der Waals surface area contributed by atoms with Crippen molar-refractivity contribution in [2.24, 2.45) is 0 Å². The summed E-state index contributed by atoms with van der Waals surface area (Å²) in [5.74, 6) is 0.939. The van der Waals surface area contributed by atoms with Crippen LogP contribution in [0.15, 0.2) is 42.1 Å². The number of hydrogen-bond donors (Lipinski definition) is 0. The molecule has 0 spiro atoms. The Kier molecular flexibility index (Phi) is 2.67. The van der Waals surface area contributed by atoms with Gasteiger partial charge < -0.3 is 9.30 Å². The molecular formula is C15H14ClNO. The number of ether oxygens (including phenoxy) is 1. The molecule has 1 aromatic heterocycles. The first-order valence-corrected chi connectivity index (χ1v) is 6.36. The first-order valence-electron chi connectivity index (χ1n) is 5.98. The zero-order chi connectivity index (χ0) is 12.7. The standard InChI is InChI=1S/C15H14ClNO/c1-3-13(16)10(2)12-9-17-7-8-18-14-6-4-5-11(12)15(14)17/h3-6,9H,2,7-8H2,1H3. The van der Waals surface area contributed by atoms with Gasteiger partial charge in [-0.3, -0.25) is 0 Å². The molecule has 1 aliphatic heterocycles. The molecule has 0 unspecified atom stereocenters. The van der Waals surface area contributed by atoms with E-state index in [1.54, 1.807) is 0 Å². The van der Waals surface area contributed by atoms with Gasteiger partial charge in [0.15, 0.2) is 0 Å². The van der Waals surface area contributed by atoms with Crippen LogP contribution in [0.25, 0.3) is 16.5 Å². The molecular weight excluding hydrogens is 246 g/mol. The van der Waals surface area contributed by atoms with Crippen LogP contribution in [0.3, 0.4) is 0 Å². The van der Waals surface area contributed by atoms with Crippen molar-refractivity contribution in [1.29, 1.82) is 0 Å². The monoisotopic (exact) mass is 259 g/mol. The zero-order valence-corrected chi connectivity index (χ0v) is 11.0. The largest absolute Gasteiger partial charge is 0.490 e. The third-order valence-corrected chi connectivity index (χ3v) is 3.76. The van der Waals surface area contributed by atoms with E-state index in [1.165, 1.54) is 0 Å². The zero-order valence-electron chi connectivity index (χ0n) is 10.2. The van der Waals surface area contributed by atoms with Gasteiger partial charge in [-0.25, -0.2) is 0 Å². The summed E-state index contributed by atoms with van der Waals surface area (Å²) in [5.41, 5.74) is 3.09. The van der Waals surface area contributed by atoms with E-state index in [-0.39, 0.29) is 0 Å². The normalized spacial score (nSPS) is 14.7. The number of benzene rings is 1. The highest BCUT2D eigenvalue weighted by Gasteiger charge is 2.18. The molecule has 92 valence electrons. The fraction of sp³-hybridized carbons (Fsp3) is 0.200. The Morgan fingerprint density at radius 3 is 3.11 bits per heavy atom. The van der Waals surface area contributed by atoms with E-state index in [2.05, 4.69) is 23.4 Å². The number of nitrogens with zero attached hydrogens (tertiary/aromatic N) is 1. The number of hydrogen-bond acceptors (Lipinski definition) is 1. The number of allylic oxidation sites excluding steroid dienone is 3. The van der Waals surface area contributed by atoms with Gasteiger partial charge in [-0.2, -0.15) is 0 Å². The number of para-hydroxylation sites is 1. The predicted molar refractivity (Wildman–Crippen MR) is 76.1 cm³/mol. The highest BCUT2D eigenvalue weighted by atomic mass is 35.5. The quantitative estimate of drug-likeness (QED) is 0.738. The summed E-state index contributed by atoms with van der Waals surface area (Å²) in [6, 6.07) is 6.10. The first-order chi connectivity index (χ1) is 8.72. The van der Waals surface area contributed by atoms with Crippen molar-refractivity contribution < 1.29 is 4.74 Å². The lowest BCUT2D eigenvalue weighted by Crippen LogP contribution is -2.12. The van der Waals surface area contributed by atoms with Crippen molar-refractivity contribution >= 4 is 28.1 Å². The van der Waals surface area contributed by atoms with Crippen molar-refractivity contribution in [1.82, 2.24) is 4.57 Å². The van der Waals surface area contributed by atoms with Crippen LogP contribution in [0.4, 0.5) is 0 Å². The highest BCUT2D eigenvalue weighted by Crippen LogP contribution is 2.37. The van der Waals surface area contributed by atoms with Crippen molar-refractivity contribution in [3.05, 3.63) is 47.6 Å². The Hall–Kier alpha value is -1.67. The third kappa shape index (κ3) is 1.57. The SMILES string of the molecule is C=C(C(Cl)=CC)c1cn2c3c(cccc13)OCC2. The molecule has 0 aliphatic carbocycles.